The lowest BCUT2D eigenvalue weighted by atomic mass is 10.0. The van der Waals surface area contributed by atoms with Crippen molar-refractivity contribution in [2.45, 2.75) is 31.2 Å². The molecule has 3 nitrogen and oxygen atoms in total. The summed E-state index contributed by atoms with van der Waals surface area (Å²) in [6.07, 6.45) is -2.19. The van der Waals surface area contributed by atoms with E-state index < -0.39 is 11.7 Å². The fourth-order valence-corrected chi connectivity index (χ4v) is 2.37. The third-order valence-corrected chi connectivity index (χ3v) is 3.58. The summed E-state index contributed by atoms with van der Waals surface area (Å²) in [5.41, 5.74) is -0.0703. The van der Waals surface area contributed by atoms with Crippen LogP contribution in [0.2, 0.25) is 0 Å². The predicted octanol–water partition coefficient (Wildman–Crippen LogP) is 3.16. The van der Waals surface area contributed by atoms with Gasteiger partial charge in [-0.3, -0.25) is 0 Å². The van der Waals surface area contributed by atoms with E-state index in [-0.39, 0.29) is 12.1 Å². The van der Waals surface area contributed by atoms with Gasteiger partial charge in [0.25, 0.3) is 0 Å². The SMILES string of the molecule is CNC(COCC1CCCO1)c1cccc(C(F)(F)F)c1. The molecule has 21 heavy (non-hydrogen) atoms. The zero-order valence-electron chi connectivity index (χ0n) is 12.0. The molecule has 1 aromatic rings. The van der Waals surface area contributed by atoms with Crippen LogP contribution < -0.4 is 5.32 Å². The number of hydrogen-bond donors (Lipinski definition) is 1. The van der Waals surface area contributed by atoms with Gasteiger partial charge in [0.2, 0.25) is 0 Å². The third-order valence-electron chi connectivity index (χ3n) is 3.58. The van der Waals surface area contributed by atoms with Crippen molar-refractivity contribution in [3.05, 3.63) is 35.4 Å². The van der Waals surface area contributed by atoms with Gasteiger partial charge in [0.1, 0.15) is 0 Å². The van der Waals surface area contributed by atoms with Gasteiger partial charge in [-0.25, -0.2) is 0 Å². The Hall–Kier alpha value is -1.11. The second-order valence-electron chi connectivity index (χ2n) is 5.14. The lowest BCUT2D eigenvalue weighted by molar-refractivity contribution is -0.137. The topological polar surface area (TPSA) is 30.5 Å². The molecule has 0 saturated carbocycles. The van der Waals surface area contributed by atoms with Gasteiger partial charge < -0.3 is 14.8 Å². The molecule has 1 aromatic carbocycles. The minimum absolute atomic E-state index is 0.115. The first kappa shape index (κ1) is 16.3. The Balaban J connectivity index is 1.93. The highest BCUT2D eigenvalue weighted by atomic mass is 19.4. The third kappa shape index (κ3) is 4.69. The zero-order valence-corrected chi connectivity index (χ0v) is 12.0. The van der Waals surface area contributed by atoms with Crippen molar-refractivity contribution >= 4 is 0 Å². The summed E-state index contributed by atoms with van der Waals surface area (Å²) < 4.78 is 49.2. The number of benzene rings is 1. The molecule has 0 aliphatic carbocycles. The van der Waals surface area contributed by atoms with Crippen LogP contribution in [0.25, 0.3) is 0 Å². The molecule has 2 atom stereocenters. The normalized spacial score (nSPS) is 20.7. The summed E-state index contributed by atoms with van der Waals surface area (Å²) in [4.78, 5) is 0. The Labute approximate surface area is 122 Å². The molecule has 0 bridgehead atoms. The number of alkyl halides is 3. The van der Waals surface area contributed by atoms with Gasteiger partial charge >= 0.3 is 6.18 Å². The zero-order chi connectivity index (χ0) is 15.3. The summed E-state index contributed by atoms with van der Waals surface area (Å²) >= 11 is 0. The van der Waals surface area contributed by atoms with E-state index in [1.807, 2.05) is 0 Å². The molecule has 1 heterocycles. The minimum Gasteiger partial charge on any atom is -0.377 e. The van der Waals surface area contributed by atoms with Gasteiger partial charge in [-0.2, -0.15) is 13.2 Å². The summed E-state index contributed by atoms with van der Waals surface area (Å²) in [6, 6.07) is 5.06. The van der Waals surface area contributed by atoms with E-state index >= 15 is 0 Å². The van der Waals surface area contributed by atoms with Crippen LogP contribution in [-0.2, 0) is 15.7 Å². The fraction of sp³-hybridized carbons (Fsp3) is 0.600. The van der Waals surface area contributed by atoms with Crippen molar-refractivity contribution in [1.29, 1.82) is 0 Å². The van der Waals surface area contributed by atoms with Crippen LogP contribution in [-0.4, -0.2) is 33.0 Å². The lowest BCUT2D eigenvalue weighted by Gasteiger charge is -2.19. The molecular formula is C15H20F3NO2. The van der Waals surface area contributed by atoms with Crippen LogP contribution in [0.15, 0.2) is 24.3 Å². The van der Waals surface area contributed by atoms with Gasteiger partial charge in [-0.1, -0.05) is 12.1 Å². The van der Waals surface area contributed by atoms with Crippen LogP contribution in [0.3, 0.4) is 0 Å². The maximum atomic E-state index is 12.7. The smallest absolute Gasteiger partial charge is 0.377 e. The predicted molar refractivity (Wildman–Crippen MR) is 73.0 cm³/mol. The van der Waals surface area contributed by atoms with Crippen molar-refractivity contribution in [2.24, 2.45) is 0 Å². The largest absolute Gasteiger partial charge is 0.416 e. The Kier molecular flexibility index (Phi) is 5.61. The molecule has 2 unspecified atom stereocenters. The average molecular weight is 303 g/mol. The van der Waals surface area contributed by atoms with E-state index in [1.54, 1.807) is 13.1 Å². The van der Waals surface area contributed by atoms with Gasteiger partial charge in [-0.15, -0.1) is 0 Å². The summed E-state index contributed by atoms with van der Waals surface area (Å²) in [5.74, 6) is 0. The molecular weight excluding hydrogens is 283 g/mol. The molecule has 2 rings (SSSR count). The van der Waals surface area contributed by atoms with E-state index in [1.165, 1.54) is 6.07 Å². The van der Waals surface area contributed by atoms with Crippen LogP contribution in [0, 0.1) is 0 Å². The fourth-order valence-electron chi connectivity index (χ4n) is 2.37. The van der Waals surface area contributed by atoms with Crippen molar-refractivity contribution in [1.82, 2.24) is 5.32 Å². The number of halogens is 3. The van der Waals surface area contributed by atoms with Crippen molar-refractivity contribution in [3.63, 3.8) is 0 Å². The summed E-state index contributed by atoms with van der Waals surface area (Å²) in [7, 11) is 1.71. The van der Waals surface area contributed by atoms with Gasteiger partial charge in [0, 0.05) is 6.61 Å². The Morgan fingerprint density at radius 3 is 2.86 bits per heavy atom. The average Bonchev–Trinajstić information content (AvgIpc) is 2.96. The van der Waals surface area contributed by atoms with E-state index in [9.17, 15) is 13.2 Å². The number of nitrogens with one attached hydrogen (secondary N) is 1. The van der Waals surface area contributed by atoms with Crippen LogP contribution in [0.1, 0.15) is 30.0 Å². The van der Waals surface area contributed by atoms with Crippen molar-refractivity contribution < 1.29 is 22.6 Å². The molecule has 118 valence electrons. The molecule has 1 N–H and O–H groups in total. The molecule has 1 aliphatic rings. The quantitative estimate of drug-likeness (QED) is 0.875. The molecule has 0 amide bonds. The second kappa shape index (κ2) is 7.24. The van der Waals surface area contributed by atoms with Crippen LogP contribution in [0.4, 0.5) is 13.2 Å². The lowest BCUT2D eigenvalue weighted by Crippen LogP contribution is -2.25. The Morgan fingerprint density at radius 1 is 1.43 bits per heavy atom. The van der Waals surface area contributed by atoms with Crippen LogP contribution >= 0.6 is 0 Å². The first-order valence-electron chi connectivity index (χ1n) is 7.04. The van der Waals surface area contributed by atoms with Gasteiger partial charge in [0.15, 0.2) is 0 Å². The van der Waals surface area contributed by atoms with E-state index in [2.05, 4.69) is 5.32 Å². The van der Waals surface area contributed by atoms with Gasteiger partial charge in [-0.05, 0) is 37.6 Å². The molecule has 0 aromatic heterocycles. The summed E-state index contributed by atoms with van der Waals surface area (Å²) in [6.45, 7) is 1.56. The standard InChI is InChI=1S/C15H20F3NO2/c1-19-14(10-20-9-13-6-3-7-21-13)11-4-2-5-12(8-11)15(16,17)18/h2,4-5,8,13-14,19H,3,6-7,9-10H2,1H3. The van der Waals surface area contributed by atoms with E-state index in [4.69, 9.17) is 9.47 Å². The highest BCUT2D eigenvalue weighted by Gasteiger charge is 2.31. The van der Waals surface area contributed by atoms with Crippen LogP contribution in [0.5, 0.6) is 0 Å². The Bertz CT molecular complexity index is 445. The number of rotatable bonds is 6. The maximum absolute atomic E-state index is 12.7. The second-order valence-corrected chi connectivity index (χ2v) is 5.14. The van der Waals surface area contributed by atoms with Gasteiger partial charge in [0.05, 0.1) is 30.9 Å². The first-order chi connectivity index (χ1) is 10.0. The number of hydrogen-bond acceptors (Lipinski definition) is 3. The molecule has 1 saturated heterocycles. The van der Waals surface area contributed by atoms with E-state index in [0.717, 1.165) is 31.6 Å². The minimum atomic E-state index is -4.33. The molecule has 6 heteroatoms. The molecule has 1 aliphatic heterocycles. The highest BCUT2D eigenvalue weighted by Crippen LogP contribution is 2.30. The molecule has 0 radical (unpaired) electrons. The summed E-state index contributed by atoms with van der Waals surface area (Å²) in [5, 5.41) is 2.99. The molecule has 1 fully saturated rings. The van der Waals surface area contributed by atoms with Crippen molar-refractivity contribution in [3.8, 4) is 0 Å². The molecule has 0 spiro atoms. The number of ether oxygens (including phenoxy) is 2. The first-order valence-corrected chi connectivity index (χ1v) is 7.04. The highest BCUT2D eigenvalue weighted by molar-refractivity contribution is 5.28. The van der Waals surface area contributed by atoms with Crippen molar-refractivity contribution in [2.75, 3.05) is 26.9 Å². The van der Waals surface area contributed by atoms with E-state index in [0.29, 0.717) is 18.8 Å². The monoisotopic (exact) mass is 303 g/mol. The maximum Gasteiger partial charge on any atom is 0.416 e. The number of likely N-dealkylation sites (N-methyl/N-ethyl adjacent to an activating group) is 1. The Morgan fingerprint density at radius 2 is 2.24 bits per heavy atom.